The van der Waals surface area contributed by atoms with Crippen LogP contribution in [0.4, 0.5) is 0 Å². The summed E-state index contributed by atoms with van der Waals surface area (Å²) < 4.78 is 7.44. The van der Waals surface area contributed by atoms with Crippen molar-refractivity contribution in [1.29, 1.82) is 0 Å². The topological polar surface area (TPSA) is 51.5 Å². The summed E-state index contributed by atoms with van der Waals surface area (Å²) in [5.41, 5.74) is 1.15. The second-order valence-corrected chi connectivity index (χ2v) is 6.26. The van der Waals surface area contributed by atoms with E-state index >= 15 is 0 Å². The number of pyridine rings is 1. The van der Waals surface area contributed by atoms with Crippen molar-refractivity contribution in [2.45, 2.75) is 25.9 Å². The van der Waals surface area contributed by atoms with E-state index in [2.05, 4.69) is 0 Å². The van der Waals surface area contributed by atoms with Crippen LogP contribution in [0.3, 0.4) is 0 Å². The zero-order chi connectivity index (χ0) is 17.1. The first-order valence-electron chi connectivity index (χ1n) is 8.23. The van der Waals surface area contributed by atoms with E-state index in [9.17, 15) is 9.59 Å². The molecular weight excluding hydrogens is 304 g/mol. The van der Waals surface area contributed by atoms with Gasteiger partial charge in [0.15, 0.2) is 0 Å². The molecule has 1 amide bonds. The van der Waals surface area contributed by atoms with Gasteiger partial charge in [-0.25, -0.2) is 0 Å². The molecule has 0 radical (unpaired) electrons. The van der Waals surface area contributed by atoms with E-state index in [1.54, 1.807) is 30.3 Å². The van der Waals surface area contributed by atoms with Crippen LogP contribution in [0.5, 0.6) is 5.75 Å². The second kappa shape index (κ2) is 6.91. The van der Waals surface area contributed by atoms with Gasteiger partial charge in [0.2, 0.25) is 0 Å². The van der Waals surface area contributed by atoms with Gasteiger partial charge < -0.3 is 14.2 Å². The van der Waals surface area contributed by atoms with Crippen LogP contribution in [-0.2, 0) is 7.05 Å². The van der Waals surface area contributed by atoms with Gasteiger partial charge in [0.1, 0.15) is 17.4 Å². The summed E-state index contributed by atoms with van der Waals surface area (Å²) in [6, 6.07) is 11.3. The average Bonchev–Trinajstić information content (AvgIpc) is 2.57. The van der Waals surface area contributed by atoms with Crippen LogP contribution in [0.15, 0.2) is 47.4 Å². The zero-order valence-electron chi connectivity index (χ0n) is 14.1. The Kier molecular flexibility index (Phi) is 4.69. The number of hydrogen-bond donors (Lipinski definition) is 0. The molecule has 24 heavy (non-hydrogen) atoms. The average molecular weight is 326 g/mol. The van der Waals surface area contributed by atoms with E-state index < -0.39 is 0 Å². The number of amides is 1. The van der Waals surface area contributed by atoms with Gasteiger partial charge in [-0.1, -0.05) is 12.1 Å². The summed E-state index contributed by atoms with van der Waals surface area (Å²) in [5.74, 6) is 0.682. The molecule has 3 rings (SSSR count). The number of aryl methyl sites for hydroxylation is 2. The Bertz CT molecular complexity index is 789. The monoisotopic (exact) mass is 326 g/mol. The fourth-order valence-corrected chi connectivity index (χ4v) is 2.99. The number of ether oxygens (including phenoxy) is 1. The zero-order valence-corrected chi connectivity index (χ0v) is 14.1. The van der Waals surface area contributed by atoms with Gasteiger partial charge in [-0.2, -0.15) is 0 Å². The van der Waals surface area contributed by atoms with Gasteiger partial charge in [0.05, 0.1) is 0 Å². The molecule has 0 spiro atoms. The Hall–Kier alpha value is -2.56. The predicted molar refractivity (Wildman–Crippen MR) is 92.4 cm³/mol. The molecule has 0 unspecified atom stereocenters. The second-order valence-electron chi connectivity index (χ2n) is 6.26. The summed E-state index contributed by atoms with van der Waals surface area (Å²) in [5, 5.41) is 0. The molecule has 5 heteroatoms. The van der Waals surface area contributed by atoms with Gasteiger partial charge in [0.25, 0.3) is 11.5 Å². The van der Waals surface area contributed by atoms with Crippen molar-refractivity contribution in [3.05, 3.63) is 64.1 Å². The number of benzene rings is 1. The van der Waals surface area contributed by atoms with Crippen LogP contribution >= 0.6 is 0 Å². The fraction of sp³-hybridized carbons (Fsp3) is 0.368. The molecule has 1 aliphatic heterocycles. The van der Waals surface area contributed by atoms with Gasteiger partial charge in [0, 0.05) is 39.2 Å². The highest BCUT2D eigenvalue weighted by atomic mass is 16.5. The Morgan fingerprint density at radius 2 is 1.92 bits per heavy atom. The molecule has 0 atom stereocenters. The van der Waals surface area contributed by atoms with Gasteiger partial charge in [-0.15, -0.1) is 0 Å². The Labute approximate surface area is 141 Å². The van der Waals surface area contributed by atoms with Crippen LogP contribution < -0.4 is 10.3 Å². The van der Waals surface area contributed by atoms with Crippen LogP contribution in [0.25, 0.3) is 0 Å². The first-order valence-corrected chi connectivity index (χ1v) is 8.23. The number of nitrogens with zero attached hydrogens (tertiary/aromatic N) is 2. The smallest absolute Gasteiger partial charge is 0.263 e. The van der Waals surface area contributed by atoms with Gasteiger partial charge in [-0.3, -0.25) is 9.59 Å². The molecule has 2 heterocycles. The minimum absolute atomic E-state index is 0.106. The van der Waals surface area contributed by atoms with E-state index in [-0.39, 0.29) is 23.1 Å². The number of carbonyl (C=O) groups is 1. The van der Waals surface area contributed by atoms with Crippen LogP contribution in [0.2, 0.25) is 0 Å². The van der Waals surface area contributed by atoms with Crippen molar-refractivity contribution in [2.75, 3.05) is 13.1 Å². The van der Waals surface area contributed by atoms with Crippen molar-refractivity contribution in [3.8, 4) is 5.75 Å². The SMILES string of the molecule is Cc1cccc(OC2CCN(C(=O)c3cccn(C)c3=O)CC2)c1. The highest BCUT2D eigenvalue weighted by molar-refractivity contribution is 5.93. The van der Waals surface area contributed by atoms with E-state index in [1.807, 2.05) is 31.2 Å². The molecule has 0 aliphatic carbocycles. The predicted octanol–water partition coefficient (Wildman–Crippen LogP) is 2.38. The number of rotatable bonds is 3. The fourth-order valence-electron chi connectivity index (χ4n) is 2.99. The molecule has 0 bridgehead atoms. The maximum absolute atomic E-state index is 12.6. The minimum atomic E-state index is -0.249. The molecule has 1 fully saturated rings. The van der Waals surface area contributed by atoms with Crippen LogP contribution in [-0.4, -0.2) is 34.6 Å². The maximum Gasteiger partial charge on any atom is 0.263 e. The number of carbonyl (C=O) groups excluding carboxylic acids is 1. The Balaban J connectivity index is 1.61. The Morgan fingerprint density at radius 1 is 1.17 bits per heavy atom. The first kappa shape index (κ1) is 16.3. The van der Waals surface area contributed by atoms with E-state index in [0.717, 1.165) is 18.6 Å². The third kappa shape index (κ3) is 3.50. The molecule has 2 aromatic rings. The lowest BCUT2D eigenvalue weighted by molar-refractivity contribution is 0.0593. The standard InChI is InChI=1S/C19H22N2O3/c1-14-5-3-6-16(13-14)24-15-8-11-21(12-9-15)19(23)17-7-4-10-20(2)18(17)22/h3-7,10,13,15H,8-9,11-12H2,1-2H3. The third-order valence-corrected chi connectivity index (χ3v) is 4.38. The molecule has 1 aromatic carbocycles. The Morgan fingerprint density at radius 3 is 2.62 bits per heavy atom. The molecule has 1 aliphatic rings. The molecule has 5 nitrogen and oxygen atoms in total. The first-order chi connectivity index (χ1) is 11.5. The quantitative estimate of drug-likeness (QED) is 0.870. The van der Waals surface area contributed by atoms with E-state index in [1.165, 1.54) is 10.1 Å². The van der Waals surface area contributed by atoms with Crippen molar-refractivity contribution in [1.82, 2.24) is 9.47 Å². The molecule has 0 saturated carbocycles. The number of likely N-dealkylation sites (tertiary alicyclic amines) is 1. The number of piperidine rings is 1. The lowest BCUT2D eigenvalue weighted by Crippen LogP contribution is -2.43. The summed E-state index contributed by atoms with van der Waals surface area (Å²) in [6.45, 7) is 3.25. The summed E-state index contributed by atoms with van der Waals surface area (Å²) >= 11 is 0. The molecule has 1 aromatic heterocycles. The normalized spacial score (nSPS) is 15.3. The molecular formula is C19H22N2O3. The van der Waals surface area contributed by atoms with E-state index in [4.69, 9.17) is 4.74 Å². The maximum atomic E-state index is 12.6. The molecule has 0 N–H and O–H groups in total. The van der Waals surface area contributed by atoms with E-state index in [0.29, 0.717) is 13.1 Å². The van der Waals surface area contributed by atoms with Crippen LogP contribution in [0.1, 0.15) is 28.8 Å². The number of aromatic nitrogens is 1. The van der Waals surface area contributed by atoms with Gasteiger partial charge >= 0.3 is 0 Å². The number of hydrogen-bond acceptors (Lipinski definition) is 3. The lowest BCUT2D eigenvalue weighted by atomic mass is 10.1. The van der Waals surface area contributed by atoms with Crippen molar-refractivity contribution < 1.29 is 9.53 Å². The highest BCUT2D eigenvalue weighted by Gasteiger charge is 2.26. The van der Waals surface area contributed by atoms with Gasteiger partial charge in [-0.05, 0) is 36.8 Å². The minimum Gasteiger partial charge on any atom is -0.490 e. The summed E-state index contributed by atoms with van der Waals surface area (Å²) in [6.07, 6.45) is 3.30. The third-order valence-electron chi connectivity index (χ3n) is 4.38. The highest BCUT2D eigenvalue weighted by Crippen LogP contribution is 2.20. The molecule has 126 valence electrons. The van der Waals surface area contributed by atoms with Crippen LogP contribution in [0, 0.1) is 6.92 Å². The summed E-state index contributed by atoms with van der Waals surface area (Å²) in [7, 11) is 1.65. The van der Waals surface area contributed by atoms with Crippen molar-refractivity contribution in [2.24, 2.45) is 7.05 Å². The summed E-state index contributed by atoms with van der Waals surface area (Å²) in [4.78, 5) is 26.4. The molecule has 1 saturated heterocycles. The lowest BCUT2D eigenvalue weighted by Gasteiger charge is -2.32. The largest absolute Gasteiger partial charge is 0.490 e. The van der Waals surface area contributed by atoms with Crippen molar-refractivity contribution >= 4 is 5.91 Å². The van der Waals surface area contributed by atoms with Crippen molar-refractivity contribution in [3.63, 3.8) is 0 Å².